The van der Waals surface area contributed by atoms with Gasteiger partial charge in [0.1, 0.15) is 19.0 Å². The molecule has 2 aromatic rings. The molecule has 5 nitrogen and oxygen atoms in total. The normalized spacial score (nSPS) is 20.9. The topological polar surface area (TPSA) is 48.0 Å². The lowest BCUT2D eigenvalue weighted by atomic mass is 10.0. The molecule has 148 valence electrons. The van der Waals surface area contributed by atoms with Crippen molar-refractivity contribution in [3.63, 3.8) is 0 Å². The highest BCUT2D eigenvalue weighted by Gasteiger charge is 2.35. The van der Waals surface area contributed by atoms with Crippen LogP contribution < -0.4 is 14.2 Å². The highest BCUT2D eigenvalue weighted by molar-refractivity contribution is 5.95. The number of carbonyl (C=O) groups excluding carboxylic acids is 1. The summed E-state index contributed by atoms with van der Waals surface area (Å²) in [6.45, 7) is 3.21. The molecule has 0 spiro atoms. The molecule has 0 N–H and O–H groups in total. The average molecular weight is 381 g/mol. The number of ether oxygens (including phenoxy) is 3. The summed E-state index contributed by atoms with van der Waals surface area (Å²) in [6, 6.07) is 14.1. The number of carbonyl (C=O) groups is 1. The number of rotatable bonds is 5. The van der Waals surface area contributed by atoms with Crippen LogP contribution in [-0.4, -0.2) is 43.2 Å². The minimum atomic E-state index is 0.0759. The Bertz CT molecular complexity index is 850. The molecule has 2 aliphatic rings. The summed E-state index contributed by atoms with van der Waals surface area (Å²) in [5.74, 6) is 2.37. The first-order valence-electron chi connectivity index (χ1n) is 10.0. The van der Waals surface area contributed by atoms with E-state index in [-0.39, 0.29) is 18.0 Å². The lowest BCUT2D eigenvalue weighted by Crippen LogP contribution is -2.40. The molecule has 2 heterocycles. The van der Waals surface area contributed by atoms with Crippen LogP contribution >= 0.6 is 0 Å². The van der Waals surface area contributed by atoms with Gasteiger partial charge < -0.3 is 19.1 Å². The van der Waals surface area contributed by atoms with Gasteiger partial charge in [-0.05, 0) is 62.4 Å². The number of fused-ring (bicyclic) bond motifs is 1. The Morgan fingerprint density at radius 3 is 2.71 bits per heavy atom. The molecule has 4 rings (SSSR count). The van der Waals surface area contributed by atoms with E-state index < -0.39 is 0 Å². The fraction of sp³-hybridized carbons (Fsp3) is 0.435. The van der Waals surface area contributed by atoms with Gasteiger partial charge in [0.15, 0.2) is 11.5 Å². The zero-order chi connectivity index (χ0) is 19.5. The van der Waals surface area contributed by atoms with Crippen LogP contribution in [0, 0.1) is 0 Å². The lowest BCUT2D eigenvalue weighted by molar-refractivity contribution is 0.0671. The van der Waals surface area contributed by atoms with Crippen LogP contribution in [0.5, 0.6) is 17.2 Å². The minimum Gasteiger partial charge on any atom is -0.496 e. The quantitative estimate of drug-likeness (QED) is 0.783. The number of hydrogen-bond donors (Lipinski definition) is 0. The van der Waals surface area contributed by atoms with E-state index in [0.717, 1.165) is 31.4 Å². The standard InChI is InChI=1S/C23H27NO4/c1-16-7-10-19(11-8-17-5-3-4-6-20(17)26-2)24(16)23(25)18-9-12-21-22(15-18)28-14-13-27-21/h3-6,9,12,15-16,19H,7-8,10-11,13-14H2,1-2H3/t16-,19-/m1/s1. The van der Waals surface area contributed by atoms with Gasteiger partial charge in [-0.25, -0.2) is 0 Å². The third kappa shape index (κ3) is 3.66. The summed E-state index contributed by atoms with van der Waals surface area (Å²) < 4.78 is 16.7. The maximum absolute atomic E-state index is 13.3. The molecule has 1 fully saturated rings. The van der Waals surface area contributed by atoms with Gasteiger partial charge in [-0.15, -0.1) is 0 Å². The van der Waals surface area contributed by atoms with Gasteiger partial charge in [-0.1, -0.05) is 18.2 Å². The molecule has 0 aromatic heterocycles. The first-order chi connectivity index (χ1) is 13.7. The van der Waals surface area contributed by atoms with Gasteiger partial charge >= 0.3 is 0 Å². The average Bonchev–Trinajstić information content (AvgIpc) is 3.11. The second-order valence-corrected chi connectivity index (χ2v) is 7.50. The fourth-order valence-electron chi connectivity index (χ4n) is 4.28. The van der Waals surface area contributed by atoms with Gasteiger partial charge in [-0.3, -0.25) is 4.79 Å². The van der Waals surface area contributed by atoms with Gasteiger partial charge in [-0.2, -0.15) is 0 Å². The van der Waals surface area contributed by atoms with E-state index in [2.05, 4.69) is 17.9 Å². The van der Waals surface area contributed by atoms with E-state index in [9.17, 15) is 4.79 Å². The first-order valence-corrected chi connectivity index (χ1v) is 10.0. The molecule has 1 amide bonds. The van der Waals surface area contributed by atoms with E-state index in [4.69, 9.17) is 14.2 Å². The summed E-state index contributed by atoms with van der Waals surface area (Å²) in [5, 5.41) is 0. The van der Waals surface area contributed by atoms with Crippen LogP contribution in [0.15, 0.2) is 42.5 Å². The van der Waals surface area contributed by atoms with Gasteiger partial charge in [0.25, 0.3) is 5.91 Å². The van der Waals surface area contributed by atoms with Crippen molar-refractivity contribution in [2.45, 2.75) is 44.7 Å². The molecule has 28 heavy (non-hydrogen) atoms. The molecule has 0 radical (unpaired) electrons. The SMILES string of the molecule is COc1ccccc1CC[C@H]1CC[C@@H](C)N1C(=O)c1ccc2c(c1)OCCO2. The van der Waals surface area contributed by atoms with Crippen molar-refractivity contribution in [2.24, 2.45) is 0 Å². The summed E-state index contributed by atoms with van der Waals surface area (Å²) in [7, 11) is 1.70. The van der Waals surface area contributed by atoms with Crippen molar-refractivity contribution in [3.05, 3.63) is 53.6 Å². The summed E-state index contributed by atoms with van der Waals surface area (Å²) >= 11 is 0. The van der Waals surface area contributed by atoms with Gasteiger partial charge in [0.2, 0.25) is 0 Å². The molecule has 2 aromatic carbocycles. The summed E-state index contributed by atoms with van der Waals surface area (Å²) in [4.78, 5) is 15.3. The maximum atomic E-state index is 13.3. The number of nitrogens with zero attached hydrogens (tertiary/aromatic N) is 1. The van der Waals surface area contributed by atoms with Crippen LogP contribution in [0.3, 0.4) is 0 Å². The van der Waals surface area contributed by atoms with Crippen LogP contribution in [-0.2, 0) is 6.42 Å². The molecule has 0 bridgehead atoms. The van der Waals surface area contributed by atoms with Gasteiger partial charge in [0, 0.05) is 17.6 Å². The number of benzene rings is 2. The van der Waals surface area contributed by atoms with Crippen molar-refractivity contribution >= 4 is 5.91 Å². The van der Waals surface area contributed by atoms with Crippen molar-refractivity contribution in [1.82, 2.24) is 4.90 Å². The maximum Gasteiger partial charge on any atom is 0.254 e. The Morgan fingerprint density at radius 2 is 1.89 bits per heavy atom. The highest BCUT2D eigenvalue weighted by Crippen LogP contribution is 2.34. The number of para-hydroxylation sites is 1. The lowest BCUT2D eigenvalue weighted by Gasteiger charge is -2.29. The molecule has 2 atom stereocenters. The monoisotopic (exact) mass is 381 g/mol. The van der Waals surface area contributed by atoms with Crippen molar-refractivity contribution < 1.29 is 19.0 Å². The Kier molecular flexibility index (Phi) is 5.42. The number of methoxy groups -OCH3 is 1. The molecular formula is C23H27NO4. The molecule has 0 aliphatic carbocycles. The van der Waals surface area contributed by atoms with E-state index in [1.165, 1.54) is 5.56 Å². The number of amides is 1. The minimum absolute atomic E-state index is 0.0759. The molecule has 2 aliphatic heterocycles. The van der Waals surface area contributed by atoms with Crippen molar-refractivity contribution in [3.8, 4) is 17.2 Å². The Balaban J connectivity index is 1.49. The molecule has 1 saturated heterocycles. The summed E-state index contributed by atoms with van der Waals surface area (Å²) in [6.07, 6.45) is 3.90. The largest absolute Gasteiger partial charge is 0.496 e. The zero-order valence-corrected chi connectivity index (χ0v) is 16.5. The van der Waals surface area contributed by atoms with Crippen molar-refractivity contribution in [2.75, 3.05) is 20.3 Å². The predicted octanol–water partition coefficient (Wildman–Crippen LogP) is 4.09. The molecular weight excluding hydrogens is 354 g/mol. The highest BCUT2D eigenvalue weighted by atomic mass is 16.6. The molecule has 5 heteroatoms. The van der Waals surface area contributed by atoms with Crippen molar-refractivity contribution in [1.29, 1.82) is 0 Å². The van der Waals surface area contributed by atoms with E-state index in [0.29, 0.717) is 30.3 Å². The second-order valence-electron chi connectivity index (χ2n) is 7.50. The van der Waals surface area contributed by atoms with E-state index in [1.54, 1.807) is 7.11 Å². The predicted molar refractivity (Wildman–Crippen MR) is 107 cm³/mol. The van der Waals surface area contributed by atoms with Gasteiger partial charge in [0.05, 0.1) is 7.11 Å². The van der Waals surface area contributed by atoms with E-state index >= 15 is 0 Å². The number of aryl methyl sites for hydroxylation is 1. The third-order valence-corrected chi connectivity index (χ3v) is 5.75. The van der Waals surface area contributed by atoms with Crippen LogP contribution in [0.2, 0.25) is 0 Å². The Labute approximate surface area is 166 Å². The summed E-state index contributed by atoms with van der Waals surface area (Å²) in [5.41, 5.74) is 1.86. The smallest absolute Gasteiger partial charge is 0.254 e. The third-order valence-electron chi connectivity index (χ3n) is 5.75. The fourth-order valence-corrected chi connectivity index (χ4v) is 4.28. The Hall–Kier alpha value is -2.69. The molecule has 0 unspecified atom stereocenters. The van der Waals surface area contributed by atoms with E-state index in [1.807, 2.05) is 36.4 Å². The van der Waals surface area contributed by atoms with Crippen LogP contribution in [0.4, 0.5) is 0 Å². The Morgan fingerprint density at radius 1 is 1.11 bits per heavy atom. The molecule has 0 saturated carbocycles. The van der Waals surface area contributed by atoms with Crippen LogP contribution in [0.1, 0.15) is 42.1 Å². The zero-order valence-electron chi connectivity index (χ0n) is 16.5. The first kappa shape index (κ1) is 18.7. The second kappa shape index (κ2) is 8.13. The number of likely N-dealkylation sites (tertiary alicyclic amines) is 1. The van der Waals surface area contributed by atoms with Crippen LogP contribution in [0.25, 0.3) is 0 Å². The number of hydrogen-bond acceptors (Lipinski definition) is 4.